The van der Waals surface area contributed by atoms with Crippen LogP contribution in [0.25, 0.3) is 0 Å². The largest absolute Gasteiger partial charge is 0.506 e. The predicted octanol–water partition coefficient (Wildman–Crippen LogP) is 3.00. The number of phenols is 1. The molecule has 0 radical (unpaired) electrons. The van der Waals surface area contributed by atoms with E-state index in [9.17, 15) is 19.8 Å². The fraction of sp³-hybridized carbons (Fsp3) is 0.481. The zero-order chi connectivity index (χ0) is 26.8. The smallest absolute Gasteiger partial charge is 0.262 e. The van der Waals surface area contributed by atoms with Crippen LogP contribution in [0.4, 0.5) is 11.4 Å². The van der Waals surface area contributed by atoms with Crippen molar-refractivity contribution in [3.8, 4) is 11.5 Å². The SMILES string of the molecule is CC(C)(Cc1ccc(NC(=O)CCCNCCCS)cc1)NCC(O)c1ccc(O)c2c1OCC(=O)N2. The normalized spacial score (nSPS) is 13.9. The number of hydrogen-bond donors (Lipinski definition) is 7. The Morgan fingerprint density at radius 2 is 1.89 bits per heavy atom. The van der Waals surface area contributed by atoms with Crippen molar-refractivity contribution in [1.29, 1.82) is 0 Å². The summed E-state index contributed by atoms with van der Waals surface area (Å²) in [6.45, 7) is 5.91. The molecule has 1 aliphatic rings. The minimum absolute atomic E-state index is 0.000283. The van der Waals surface area contributed by atoms with E-state index >= 15 is 0 Å². The van der Waals surface area contributed by atoms with E-state index < -0.39 is 6.10 Å². The van der Waals surface area contributed by atoms with Gasteiger partial charge in [-0.2, -0.15) is 12.6 Å². The van der Waals surface area contributed by atoms with Crippen LogP contribution >= 0.6 is 12.6 Å². The van der Waals surface area contributed by atoms with Crippen LogP contribution in [0, 0.1) is 0 Å². The Hall–Kier alpha value is -2.79. The standard InChI is InChI=1S/C27H38N4O5S/c1-27(2,29-16-22(33)20-10-11-21(32)25-26(20)36-17-24(35)31-25)15-18-6-8-19(9-7-18)30-23(34)5-3-12-28-13-4-14-37/h6-11,22,28-29,32-33,37H,3-5,12-17H2,1-2H3,(H,30,34)(H,31,35). The minimum Gasteiger partial charge on any atom is -0.506 e. The van der Waals surface area contributed by atoms with Crippen molar-refractivity contribution in [3.63, 3.8) is 0 Å². The van der Waals surface area contributed by atoms with Gasteiger partial charge in [-0.25, -0.2) is 0 Å². The maximum Gasteiger partial charge on any atom is 0.262 e. The summed E-state index contributed by atoms with van der Waals surface area (Å²) in [5, 5.41) is 33.1. The van der Waals surface area contributed by atoms with Crippen LogP contribution in [0.2, 0.25) is 0 Å². The second-order valence-electron chi connectivity index (χ2n) is 9.85. The molecule has 0 bridgehead atoms. The van der Waals surface area contributed by atoms with Crippen LogP contribution in [-0.4, -0.2) is 59.6 Å². The Bertz CT molecular complexity index is 1060. The van der Waals surface area contributed by atoms with E-state index in [1.807, 2.05) is 38.1 Å². The molecule has 3 rings (SSSR count). The van der Waals surface area contributed by atoms with E-state index in [1.165, 1.54) is 6.07 Å². The van der Waals surface area contributed by atoms with Gasteiger partial charge in [0.1, 0.15) is 11.4 Å². The van der Waals surface area contributed by atoms with Crippen molar-refractivity contribution < 1.29 is 24.5 Å². The Balaban J connectivity index is 1.47. The second-order valence-corrected chi connectivity index (χ2v) is 10.3. The average molecular weight is 531 g/mol. The van der Waals surface area contributed by atoms with Gasteiger partial charge in [-0.15, -0.1) is 0 Å². The first kappa shape index (κ1) is 28.8. The molecule has 0 aliphatic carbocycles. The highest BCUT2D eigenvalue weighted by Gasteiger charge is 2.27. The minimum atomic E-state index is -0.903. The number of amides is 2. The fourth-order valence-corrected chi connectivity index (χ4v) is 4.29. The number of aliphatic hydroxyl groups excluding tert-OH is 1. The molecule has 0 saturated heterocycles. The van der Waals surface area contributed by atoms with Gasteiger partial charge in [0, 0.05) is 29.8 Å². The molecular formula is C27H38N4O5S. The number of benzene rings is 2. The lowest BCUT2D eigenvalue weighted by Crippen LogP contribution is -2.43. The van der Waals surface area contributed by atoms with Crippen LogP contribution in [0.3, 0.4) is 0 Å². The molecular weight excluding hydrogens is 492 g/mol. The third-order valence-electron chi connectivity index (χ3n) is 6.06. The number of ether oxygens (including phenoxy) is 1. The summed E-state index contributed by atoms with van der Waals surface area (Å²) in [4.78, 5) is 23.8. The number of nitrogens with one attached hydrogen (secondary N) is 4. The van der Waals surface area contributed by atoms with Gasteiger partial charge in [-0.3, -0.25) is 9.59 Å². The number of carbonyl (C=O) groups excluding carboxylic acids is 2. The molecule has 0 fully saturated rings. The fourth-order valence-electron chi connectivity index (χ4n) is 4.13. The first-order valence-electron chi connectivity index (χ1n) is 12.6. The molecule has 37 heavy (non-hydrogen) atoms. The average Bonchev–Trinajstić information content (AvgIpc) is 2.86. The molecule has 1 atom stereocenters. The molecule has 2 aromatic carbocycles. The third-order valence-corrected chi connectivity index (χ3v) is 6.38. The van der Waals surface area contributed by atoms with Gasteiger partial charge in [-0.1, -0.05) is 12.1 Å². The molecule has 202 valence electrons. The summed E-state index contributed by atoms with van der Waals surface area (Å²) in [7, 11) is 0. The van der Waals surface area contributed by atoms with Crippen LogP contribution in [-0.2, 0) is 16.0 Å². The molecule has 0 saturated carbocycles. The Labute approximate surface area is 223 Å². The van der Waals surface area contributed by atoms with Gasteiger partial charge in [-0.05, 0) is 81.8 Å². The van der Waals surface area contributed by atoms with Crippen LogP contribution < -0.4 is 26.0 Å². The highest BCUT2D eigenvalue weighted by molar-refractivity contribution is 7.80. The molecule has 10 heteroatoms. The second kappa shape index (κ2) is 13.7. The van der Waals surface area contributed by atoms with E-state index in [0.717, 1.165) is 42.9 Å². The van der Waals surface area contributed by atoms with E-state index in [4.69, 9.17) is 4.74 Å². The molecule has 9 nitrogen and oxygen atoms in total. The van der Waals surface area contributed by atoms with Gasteiger partial charge >= 0.3 is 0 Å². The zero-order valence-corrected chi connectivity index (χ0v) is 22.4. The first-order valence-corrected chi connectivity index (χ1v) is 13.2. The summed E-state index contributed by atoms with van der Waals surface area (Å²) >= 11 is 4.18. The lowest BCUT2D eigenvalue weighted by atomic mass is 9.94. The Morgan fingerprint density at radius 1 is 1.16 bits per heavy atom. The van der Waals surface area contributed by atoms with Crippen molar-refractivity contribution in [1.82, 2.24) is 10.6 Å². The number of β-amino-alcohol motifs (C(OH)–C–C–N with tert-alkyl or cyclic N) is 1. The van der Waals surface area contributed by atoms with Crippen molar-refractivity contribution in [2.45, 2.75) is 51.2 Å². The lowest BCUT2D eigenvalue weighted by molar-refractivity contribution is -0.118. The van der Waals surface area contributed by atoms with Crippen molar-refractivity contribution in [2.24, 2.45) is 0 Å². The van der Waals surface area contributed by atoms with Crippen LogP contribution in [0.1, 0.15) is 50.3 Å². The number of thiol groups is 1. The van der Waals surface area contributed by atoms with Gasteiger partial charge in [0.25, 0.3) is 5.91 Å². The zero-order valence-electron chi connectivity index (χ0n) is 21.5. The summed E-state index contributed by atoms with van der Waals surface area (Å²) in [6.07, 6.45) is 2.07. The molecule has 2 aromatic rings. The number of carbonyl (C=O) groups is 2. The molecule has 0 spiro atoms. The highest BCUT2D eigenvalue weighted by atomic mass is 32.1. The van der Waals surface area contributed by atoms with Crippen LogP contribution in [0.15, 0.2) is 36.4 Å². The highest BCUT2D eigenvalue weighted by Crippen LogP contribution is 2.41. The predicted molar refractivity (Wildman–Crippen MR) is 149 cm³/mol. The first-order chi connectivity index (χ1) is 17.7. The number of aliphatic hydroxyl groups is 1. The third kappa shape index (κ3) is 8.92. The van der Waals surface area contributed by atoms with Gasteiger partial charge in [0.05, 0.1) is 6.10 Å². The molecule has 1 unspecified atom stereocenters. The summed E-state index contributed by atoms with van der Waals surface area (Å²) in [5.41, 5.74) is 2.19. The summed E-state index contributed by atoms with van der Waals surface area (Å²) < 4.78 is 5.48. The Morgan fingerprint density at radius 3 is 2.62 bits per heavy atom. The van der Waals surface area contributed by atoms with Crippen molar-refractivity contribution in [2.75, 3.05) is 42.6 Å². The van der Waals surface area contributed by atoms with E-state index in [-0.39, 0.29) is 47.7 Å². The molecule has 1 aliphatic heterocycles. The van der Waals surface area contributed by atoms with E-state index in [0.29, 0.717) is 18.4 Å². The summed E-state index contributed by atoms with van der Waals surface area (Å²) in [6, 6.07) is 10.8. The number of fused-ring (bicyclic) bond motifs is 1. The number of hydrogen-bond acceptors (Lipinski definition) is 8. The quantitative estimate of drug-likeness (QED) is 0.114. The molecule has 6 N–H and O–H groups in total. The number of phenolic OH excluding ortho intramolecular Hbond substituents is 1. The molecule has 1 heterocycles. The van der Waals surface area contributed by atoms with E-state index in [2.05, 4.69) is 33.9 Å². The van der Waals surface area contributed by atoms with Crippen molar-refractivity contribution >= 4 is 35.8 Å². The molecule has 0 aromatic heterocycles. The number of rotatable bonds is 14. The number of anilines is 2. The van der Waals surface area contributed by atoms with Gasteiger partial charge in [0.2, 0.25) is 5.91 Å². The Kier molecular flexibility index (Phi) is 10.6. The summed E-state index contributed by atoms with van der Waals surface area (Å²) in [5.74, 6) is 0.682. The van der Waals surface area contributed by atoms with E-state index in [1.54, 1.807) is 6.07 Å². The van der Waals surface area contributed by atoms with Gasteiger partial charge < -0.3 is 36.2 Å². The maximum absolute atomic E-state index is 12.2. The maximum atomic E-state index is 12.2. The van der Waals surface area contributed by atoms with Gasteiger partial charge in [0.15, 0.2) is 12.4 Å². The lowest BCUT2D eigenvalue weighted by Gasteiger charge is -2.29. The topological polar surface area (TPSA) is 132 Å². The van der Waals surface area contributed by atoms with Crippen LogP contribution in [0.5, 0.6) is 11.5 Å². The monoisotopic (exact) mass is 530 g/mol. The number of aromatic hydroxyl groups is 1. The molecule has 2 amide bonds. The van der Waals surface area contributed by atoms with Crippen molar-refractivity contribution in [3.05, 3.63) is 47.5 Å².